The first kappa shape index (κ1) is 14.5. The highest BCUT2D eigenvalue weighted by molar-refractivity contribution is 5.76. The maximum atomic E-state index is 10.8. The van der Waals surface area contributed by atoms with Crippen LogP contribution in [0.5, 0.6) is 0 Å². The number of hydrazine groups is 1. The number of carbonyl (C=O) groups excluding carboxylic acids is 1. The van der Waals surface area contributed by atoms with Crippen LogP contribution in [0.3, 0.4) is 0 Å². The van der Waals surface area contributed by atoms with E-state index in [0.29, 0.717) is 6.54 Å². The van der Waals surface area contributed by atoms with E-state index in [2.05, 4.69) is 16.5 Å². The molecule has 0 aliphatic heterocycles. The van der Waals surface area contributed by atoms with Gasteiger partial charge in [-0.05, 0) is 24.5 Å². The molecule has 1 aromatic carbocycles. The van der Waals surface area contributed by atoms with Gasteiger partial charge in [-0.1, -0.05) is 26.0 Å². The van der Waals surface area contributed by atoms with Gasteiger partial charge in [0, 0.05) is 19.5 Å². The topological polar surface area (TPSA) is 58.4 Å². The number of aryl methyl sites for hydroxylation is 2. The number of hydrogen-bond donors (Lipinski definition) is 1. The Kier molecular flexibility index (Phi) is 5.12. The Morgan fingerprint density at radius 1 is 1.40 bits per heavy atom. The second-order valence-corrected chi connectivity index (χ2v) is 4.64. The van der Waals surface area contributed by atoms with Crippen LogP contribution in [0.4, 0.5) is 0 Å². The molecule has 108 valence electrons. The van der Waals surface area contributed by atoms with Crippen molar-refractivity contribution < 1.29 is 9.21 Å². The molecule has 0 fully saturated rings. The minimum absolute atomic E-state index is 0.683. The van der Waals surface area contributed by atoms with E-state index >= 15 is 0 Å². The summed E-state index contributed by atoms with van der Waals surface area (Å²) in [6.07, 6.45) is 3.37. The molecule has 0 saturated heterocycles. The van der Waals surface area contributed by atoms with Gasteiger partial charge in [0.25, 0.3) is 0 Å². The van der Waals surface area contributed by atoms with Gasteiger partial charge in [-0.25, -0.2) is 10.4 Å². The van der Waals surface area contributed by atoms with E-state index in [0.717, 1.165) is 54.8 Å². The lowest BCUT2D eigenvalue weighted by Crippen LogP contribution is -2.37. The summed E-state index contributed by atoms with van der Waals surface area (Å²) in [5.41, 5.74) is 5.94. The highest BCUT2D eigenvalue weighted by Gasteiger charge is 2.09. The molecule has 1 aromatic heterocycles. The Hall–Kier alpha value is -1.88. The van der Waals surface area contributed by atoms with Crippen LogP contribution in [-0.2, 0) is 17.6 Å². The van der Waals surface area contributed by atoms with Crippen LogP contribution in [-0.4, -0.2) is 29.5 Å². The zero-order valence-corrected chi connectivity index (χ0v) is 12.1. The van der Waals surface area contributed by atoms with Crippen molar-refractivity contribution in [2.45, 2.75) is 33.1 Å². The third-order valence-electron chi connectivity index (χ3n) is 3.18. The average Bonchev–Trinajstić information content (AvgIpc) is 2.90. The molecule has 2 rings (SSSR count). The fourth-order valence-electron chi connectivity index (χ4n) is 2.21. The fourth-order valence-corrected chi connectivity index (χ4v) is 2.21. The SMILES string of the molecule is CCNN(C=O)CCCc1cccc2nc(CC)oc12. The molecule has 0 bridgehead atoms. The number of carbonyl (C=O) groups is 1. The Morgan fingerprint density at radius 2 is 2.25 bits per heavy atom. The summed E-state index contributed by atoms with van der Waals surface area (Å²) in [4.78, 5) is 15.3. The second-order valence-electron chi connectivity index (χ2n) is 4.64. The van der Waals surface area contributed by atoms with E-state index in [1.807, 2.05) is 26.0 Å². The highest BCUT2D eigenvalue weighted by Crippen LogP contribution is 2.21. The zero-order chi connectivity index (χ0) is 14.4. The molecular weight excluding hydrogens is 254 g/mol. The number of fused-ring (bicyclic) bond motifs is 1. The summed E-state index contributed by atoms with van der Waals surface area (Å²) in [6, 6.07) is 6.03. The van der Waals surface area contributed by atoms with Gasteiger partial charge in [0.05, 0.1) is 0 Å². The fraction of sp³-hybridized carbons (Fsp3) is 0.467. The summed E-state index contributed by atoms with van der Waals surface area (Å²) in [5, 5.41) is 1.58. The minimum atomic E-state index is 0.683. The normalized spacial score (nSPS) is 10.9. The van der Waals surface area contributed by atoms with Crippen LogP contribution < -0.4 is 5.43 Å². The third-order valence-corrected chi connectivity index (χ3v) is 3.18. The van der Waals surface area contributed by atoms with Crippen molar-refractivity contribution in [3.63, 3.8) is 0 Å². The molecule has 0 aliphatic carbocycles. The molecule has 20 heavy (non-hydrogen) atoms. The van der Waals surface area contributed by atoms with E-state index in [1.165, 1.54) is 0 Å². The lowest BCUT2D eigenvalue weighted by atomic mass is 10.1. The van der Waals surface area contributed by atoms with E-state index in [1.54, 1.807) is 5.01 Å². The first-order valence-electron chi connectivity index (χ1n) is 7.11. The Morgan fingerprint density at radius 3 is 2.95 bits per heavy atom. The molecule has 0 unspecified atom stereocenters. The summed E-state index contributed by atoms with van der Waals surface area (Å²) in [7, 11) is 0. The quantitative estimate of drug-likeness (QED) is 0.593. The summed E-state index contributed by atoms with van der Waals surface area (Å²) in [6.45, 7) is 5.43. The predicted molar refractivity (Wildman–Crippen MR) is 78.2 cm³/mol. The van der Waals surface area contributed by atoms with Gasteiger partial charge in [0.15, 0.2) is 11.5 Å². The van der Waals surface area contributed by atoms with E-state index in [-0.39, 0.29) is 0 Å². The van der Waals surface area contributed by atoms with Crippen molar-refractivity contribution in [1.82, 2.24) is 15.4 Å². The molecule has 2 aromatic rings. The number of aromatic nitrogens is 1. The largest absolute Gasteiger partial charge is 0.440 e. The number of nitrogens with one attached hydrogen (secondary N) is 1. The number of rotatable bonds is 8. The number of oxazole rings is 1. The third kappa shape index (κ3) is 3.36. The van der Waals surface area contributed by atoms with Crippen LogP contribution in [0.2, 0.25) is 0 Å². The number of para-hydroxylation sites is 1. The predicted octanol–water partition coefficient (Wildman–Crippen LogP) is 2.31. The first-order chi connectivity index (χ1) is 9.78. The molecule has 1 amide bonds. The maximum Gasteiger partial charge on any atom is 0.223 e. The molecule has 0 aliphatic rings. The van der Waals surface area contributed by atoms with Gasteiger partial charge >= 0.3 is 0 Å². The molecule has 0 saturated carbocycles. The molecular formula is C15H21N3O2. The van der Waals surface area contributed by atoms with Gasteiger partial charge in [0.1, 0.15) is 5.52 Å². The van der Waals surface area contributed by atoms with Crippen molar-refractivity contribution in [1.29, 1.82) is 0 Å². The van der Waals surface area contributed by atoms with Crippen molar-refractivity contribution >= 4 is 17.5 Å². The van der Waals surface area contributed by atoms with Gasteiger partial charge in [0.2, 0.25) is 6.41 Å². The monoisotopic (exact) mass is 275 g/mol. The number of amides is 1. The number of benzene rings is 1. The number of nitrogens with zero attached hydrogens (tertiary/aromatic N) is 2. The Bertz CT molecular complexity index is 565. The van der Waals surface area contributed by atoms with Crippen molar-refractivity contribution in [2.24, 2.45) is 0 Å². The Labute approximate surface area is 118 Å². The zero-order valence-electron chi connectivity index (χ0n) is 12.1. The van der Waals surface area contributed by atoms with Crippen LogP contribution >= 0.6 is 0 Å². The molecule has 5 heteroatoms. The lowest BCUT2D eigenvalue weighted by Gasteiger charge is -2.16. The van der Waals surface area contributed by atoms with Crippen molar-refractivity contribution in [3.8, 4) is 0 Å². The van der Waals surface area contributed by atoms with Gasteiger partial charge in [-0.15, -0.1) is 0 Å². The maximum absolute atomic E-state index is 10.8. The molecule has 5 nitrogen and oxygen atoms in total. The van der Waals surface area contributed by atoms with Crippen LogP contribution in [0.15, 0.2) is 22.6 Å². The van der Waals surface area contributed by atoms with E-state index in [4.69, 9.17) is 4.42 Å². The van der Waals surface area contributed by atoms with Crippen LogP contribution in [0, 0.1) is 0 Å². The molecule has 0 radical (unpaired) electrons. The number of hydrogen-bond acceptors (Lipinski definition) is 4. The molecule has 1 N–H and O–H groups in total. The highest BCUT2D eigenvalue weighted by atomic mass is 16.3. The molecule has 0 atom stereocenters. The van der Waals surface area contributed by atoms with Crippen molar-refractivity contribution in [3.05, 3.63) is 29.7 Å². The summed E-state index contributed by atoms with van der Waals surface area (Å²) in [5.74, 6) is 0.773. The molecule has 0 spiro atoms. The first-order valence-corrected chi connectivity index (χ1v) is 7.11. The molecule has 1 heterocycles. The van der Waals surface area contributed by atoms with Crippen molar-refractivity contribution in [2.75, 3.05) is 13.1 Å². The van der Waals surface area contributed by atoms with Gasteiger partial charge in [-0.3, -0.25) is 9.80 Å². The van der Waals surface area contributed by atoms with Gasteiger partial charge < -0.3 is 4.42 Å². The van der Waals surface area contributed by atoms with Crippen LogP contribution in [0.25, 0.3) is 11.1 Å². The summed E-state index contributed by atoms with van der Waals surface area (Å²) < 4.78 is 5.77. The van der Waals surface area contributed by atoms with E-state index in [9.17, 15) is 4.79 Å². The minimum Gasteiger partial charge on any atom is -0.440 e. The average molecular weight is 275 g/mol. The van der Waals surface area contributed by atoms with E-state index < -0.39 is 0 Å². The standard InChI is InChI=1S/C15H21N3O2/c1-3-14-17-13-9-5-7-12(15(13)20-14)8-6-10-18(11-19)16-4-2/h5,7,9,11,16H,3-4,6,8,10H2,1-2H3. The summed E-state index contributed by atoms with van der Waals surface area (Å²) >= 11 is 0. The Balaban J connectivity index is 2.02. The van der Waals surface area contributed by atoms with Crippen LogP contribution in [0.1, 0.15) is 31.7 Å². The smallest absolute Gasteiger partial charge is 0.223 e. The van der Waals surface area contributed by atoms with Gasteiger partial charge in [-0.2, -0.15) is 0 Å². The second kappa shape index (κ2) is 7.05. The lowest BCUT2D eigenvalue weighted by molar-refractivity contribution is -0.120.